The molecule has 0 aliphatic carbocycles. The molecule has 0 bridgehead atoms. The van der Waals surface area contributed by atoms with Crippen LogP contribution in [-0.4, -0.2) is 30.0 Å². The van der Waals surface area contributed by atoms with Gasteiger partial charge in [0.15, 0.2) is 5.65 Å². The molecule has 4 aromatic heterocycles. The first-order chi connectivity index (χ1) is 13.5. The Labute approximate surface area is 168 Å². The van der Waals surface area contributed by atoms with Gasteiger partial charge in [-0.15, -0.1) is 11.3 Å². The highest BCUT2D eigenvalue weighted by Gasteiger charge is 2.19. The quantitative estimate of drug-likeness (QED) is 0.487. The van der Waals surface area contributed by atoms with Gasteiger partial charge in [0, 0.05) is 36.9 Å². The molecule has 8 nitrogen and oxygen atoms in total. The Morgan fingerprint density at radius 1 is 1.43 bits per heavy atom. The summed E-state index contributed by atoms with van der Waals surface area (Å²) in [5.74, 6) is 0. The van der Waals surface area contributed by atoms with Crippen LogP contribution in [0.4, 0.5) is 0 Å². The van der Waals surface area contributed by atoms with Crippen LogP contribution in [0.5, 0.6) is 0 Å². The molecule has 0 fully saturated rings. The van der Waals surface area contributed by atoms with Crippen molar-refractivity contribution >= 4 is 49.9 Å². The molecule has 10 heteroatoms. The van der Waals surface area contributed by atoms with Crippen LogP contribution in [0, 0.1) is 5.41 Å². The maximum absolute atomic E-state index is 12.9. The lowest BCUT2D eigenvalue weighted by Crippen LogP contribution is -2.27. The molecule has 0 radical (unpaired) electrons. The van der Waals surface area contributed by atoms with Crippen LogP contribution in [0.3, 0.4) is 0 Å². The van der Waals surface area contributed by atoms with Crippen molar-refractivity contribution in [3.05, 3.63) is 62.9 Å². The Morgan fingerprint density at radius 2 is 2.25 bits per heavy atom. The van der Waals surface area contributed by atoms with Crippen LogP contribution in [0.1, 0.15) is 10.7 Å². The van der Waals surface area contributed by atoms with Crippen LogP contribution in [-0.2, 0) is 20.0 Å². The minimum Gasteiger partial charge on any atom is -0.403 e. The van der Waals surface area contributed by atoms with E-state index in [-0.39, 0.29) is 22.8 Å². The summed E-state index contributed by atoms with van der Waals surface area (Å²) < 4.78 is 3.89. The summed E-state index contributed by atoms with van der Waals surface area (Å²) in [6.07, 6.45) is 5.15. The second kappa shape index (κ2) is 7.17. The van der Waals surface area contributed by atoms with Gasteiger partial charge in [-0.05, 0) is 12.1 Å². The number of nitrogens with two attached hydrogens (primary N) is 1. The van der Waals surface area contributed by atoms with Crippen molar-refractivity contribution in [2.45, 2.75) is 13.0 Å². The van der Waals surface area contributed by atoms with E-state index in [4.69, 9.17) is 27.7 Å². The maximum atomic E-state index is 12.9. The zero-order chi connectivity index (χ0) is 19.8. The lowest BCUT2D eigenvalue weighted by molar-refractivity contribution is 0.675. The summed E-state index contributed by atoms with van der Waals surface area (Å²) in [5.41, 5.74) is 7.21. The Morgan fingerprint density at radius 3 is 2.96 bits per heavy atom. The molecule has 142 valence electrons. The smallest absolute Gasteiger partial charge is 0.291 e. The van der Waals surface area contributed by atoms with E-state index in [2.05, 4.69) is 10.1 Å². The summed E-state index contributed by atoms with van der Waals surface area (Å²) in [4.78, 5) is 21.9. The number of thiazole rings is 1. The van der Waals surface area contributed by atoms with E-state index in [1.165, 1.54) is 16.0 Å². The molecular weight excluding hydrogens is 398 g/mol. The van der Waals surface area contributed by atoms with E-state index in [1.54, 1.807) is 24.0 Å². The van der Waals surface area contributed by atoms with Crippen molar-refractivity contribution in [1.29, 1.82) is 5.41 Å². The van der Waals surface area contributed by atoms with E-state index in [1.807, 2.05) is 18.2 Å². The van der Waals surface area contributed by atoms with Crippen molar-refractivity contribution in [2.75, 3.05) is 0 Å². The van der Waals surface area contributed by atoms with Crippen molar-refractivity contribution < 1.29 is 0 Å². The van der Waals surface area contributed by atoms with Crippen molar-refractivity contribution in [3.63, 3.8) is 0 Å². The monoisotopic (exact) mass is 413 g/mol. The fourth-order valence-corrected chi connectivity index (χ4v) is 4.19. The minimum atomic E-state index is -0.303. The minimum absolute atomic E-state index is 0.0184. The second-order valence-electron chi connectivity index (χ2n) is 6.18. The topological polar surface area (TPSA) is 115 Å². The molecule has 0 spiro atoms. The largest absolute Gasteiger partial charge is 0.403 e. The SMILES string of the molecule is Cn1c2nc(Cc3ccccn3)sc2c2cnn(CC(=N)/C(Cl)=C\N)c(=O)c21. The fourth-order valence-electron chi connectivity index (χ4n) is 3.00. The number of pyridine rings is 1. The summed E-state index contributed by atoms with van der Waals surface area (Å²) >= 11 is 7.38. The average molecular weight is 414 g/mol. The number of rotatable bonds is 5. The standard InChI is InChI=1S/C18H16ClN7OS/c1-25-15-11(8-23-26(18(15)27)9-13(21)12(19)7-20)16-17(25)24-14(28-16)6-10-4-2-3-5-22-10/h2-5,7-8,21H,6,9,20H2,1H3/b12-7+,21-13?. The molecule has 0 aromatic carbocycles. The third-order valence-corrected chi connectivity index (χ3v) is 5.80. The van der Waals surface area contributed by atoms with Gasteiger partial charge in [0.2, 0.25) is 0 Å². The Bertz CT molecular complexity index is 1290. The van der Waals surface area contributed by atoms with Gasteiger partial charge in [-0.1, -0.05) is 17.7 Å². The fraction of sp³-hybridized carbons (Fsp3) is 0.167. The first-order valence-electron chi connectivity index (χ1n) is 8.38. The first kappa shape index (κ1) is 18.3. The summed E-state index contributed by atoms with van der Waals surface area (Å²) in [7, 11) is 1.80. The molecule has 0 atom stereocenters. The van der Waals surface area contributed by atoms with Crippen LogP contribution < -0.4 is 11.3 Å². The summed E-state index contributed by atoms with van der Waals surface area (Å²) in [6.45, 7) is -0.0571. The highest BCUT2D eigenvalue weighted by molar-refractivity contribution is 7.19. The summed E-state index contributed by atoms with van der Waals surface area (Å²) in [6, 6.07) is 5.78. The van der Waals surface area contributed by atoms with Gasteiger partial charge in [-0.25, -0.2) is 9.67 Å². The Kier molecular flexibility index (Phi) is 4.70. The molecular formula is C18H16ClN7OS. The van der Waals surface area contributed by atoms with Gasteiger partial charge in [0.25, 0.3) is 5.56 Å². The van der Waals surface area contributed by atoms with Crippen LogP contribution in [0.15, 0.2) is 46.6 Å². The molecule has 0 amide bonds. The average Bonchev–Trinajstić information content (AvgIpc) is 3.22. The van der Waals surface area contributed by atoms with E-state index < -0.39 is 0 Å². The van der Waals surface area contributed by atoms with E-state index >= 15 is 0 Å². The van der Waals surface area contributed by atoms with Crippen LogP contribution in [0.2, 0.25) is 0 Å². The zero-order valence-corrected chi connectivity index (χ0v) is 16.5. The number of halogens is 1. The molecule has 4 aromatic rings. The number of hydrogen-bond donors (Lipinski definition) is 2. The Balaban J connectivity index is 1.77. The molecule has 4 rings (SSSR count). The molecule has 0 saturated carbocycles. The van der Waals surface area contributed by atoms with Gasteiger partial charge in [-0.3, -0.25) is 9.78 Å². The highest BCUT2D eigenvalue weighted by atomic mass is 35.5. The maximum Gasteiger partial charge on any atom is 0.291 e. The predicted molar refractivity (Wildman–Crippen MR) is 111 cm³/mol. The second-order valence-corrected chi connectivity index (χ2v) is 7.67. The molecule has 4 heterocycles. The van der Waals surface area contributed by atoms with E-state index in [0.717, 1.165) is 32.6 Å². The predicted octanol–water partition coefficient (Wildman–Crippen LogP) is 2.39. The molecule has 0 aliphatic rings. The lowest BCUT2D eigenvalue weighted by Gasteiger charge is -2.06. The number of fused-ring (bicyclic) bond motifs is 3. The van der Waals surface area contributed by atoms with Crippen molar-refractivity contribution in [3.8, 4) is 0 Å². The summed E-state index contributed by atoms with van der Waals surface area (Å²) in [5, 5.41) is 13.9. The van der Waals surface area contributed by atoms with Gasteiger partial charge >= 0.3 is 0 Å². The number of aryl methyl sites for hydroxylation is 1. The molecule has 0 saturated heterocycles. The van der Waals surface area contributed by atoms with Gasteiger partial charge in [0.05, 0.1) is 28.2 Å². The van der Waals surface area contributed by atoms with E-state index in [9.17, 15) is 4.79 Å². The first-order valence-corrected chi connectivity index (χ1v) is 9.58. The van der Waals surface area contributed by atoms with Gasteiger partial charge in [0.1, 0.15) is 10.5 Å². The molecule has 0 aliphatic heterocycles. The number of nitrogens with one attached hydrogen (secondary N) is 1. The third-order valence-electron chi connectivity index (χ3n) is 4.37. The van der Waals surface area contributed by atoms with Gasteiger partial charge < -0.3 is 15.7 Å². The van der Waals surface area contributed by atoms with Crippen molar-refractivity contribution in [1.82, 2.24) is 24.3 Å². The number of hydrogen-bond acceptors (Lipinski definition) is 7. The zero-order valence-electron chi connectivity index (χ0n) is 14.9. The van der Waals surface area contributed by atoms with Crippen LogP contribution >= 0.6 is 22.9 Å². The third kappa shape index (κ3) is 3.08. The van der Waals surface area contributed by atoms with Gasteiger partial charge in [-0.2, -0.15) is 5.10 Å². The lowest BCUT2D eigenvalue weighted by atomic mass is 10.3. The van der Waals surface area contributed by atoms with Crippen LogP contribution in [0.25, 0.3) is 21.3 Å². The molecule has 3 N–H and O–H groups in total. The number of aromatic nitrogens is 5. The highest BCUT2D eigenvalue weighted by Crippen LogP contribution is 2.31. The Hall–Kier alpha value is -3.04. The number of nitrogens with zero attached hydrogens (tertiary/aromatic N) is 5. The molecule has 28 heavy (non-hydrogen) atoms. The normalized spacial score (nSPS) is 12.1. The number of allylic oxidation sites excluding steroid dienone is 1. The van der Waals surface area contributed by atoms with E-state index in [0.29, 0.717) is 11.9 Å². The molecule has 0 unspecified atom stereocenters. The van der Waals surface area contributed by atoms with Crippen molar-refractivity contribution in [2.24, 2.45) is 12.8 Å².